The van der Waals surface area contributed by atoms with Gasteiger partial charge in [-0.3, -0.25) is 0 Å². The molecule has 2 rings (SSSR count). The maximum absolute atomic E-state index is 5.75. The highest BCUT2D eigenvalue weighted by Gasteiger charge is 2.12. The van der Waals surface area contributed by atoms with E-state index in [1.807, 2.05) is 16.8 Å². The summed E-state index contributed by atoms with van der Waals surface area (Å²) in [7, 11) is -1.02. The van der Waals surface area contributed by atoms with Crippen LogP contribution in [0.3, 0.4) is 0 Å². The molecule has 0 amide bonds. The SMILES string of the molecule is C[Si](C)(C)CCOCn1ccc2nc(Cl)ncc21. The Morgan fingerprint density at radius 1 is 1.39 bits per heavy atom. The van der Waals surface area contributed by atoms with Crippen LogP contribution in [0.2, 0.25) is 31.0 Å². The van der Waals surface area contributed by atoms with Crippen LogP contribution in [0.5, 0.6) is 0 Å². The second-order valence-electron chi connectivity index (χ2n) is 5.54. The minimum atomic E-state index is -1.02. The summed E-state index contributed by atoms with van der Waals surface area (Å²) < 4.78 is 7.70. The van der Waals surface area contributed by atoms with Crippen LogP contribution in [0.15, 0.2) is 18.5 Å². The van der Waals surface area contributed by atoms with E-state index in [0.717, 1.165) is 17.6 Å². The number of hydrogen-bond donors (Lipinski definition) is 0. The van der Waals surface area contributed by atoms with E-state index < -0.39 is 8.07 Å². The van der Waals surface area contributed by atoms with Crippen molar-refractivity contribution >= 4 is 30.7 Å². The van der Waals surface area contributed by atoms with E-state index in [1.165, 1.54) is 6.04 Å². The van der Waals surface area contributed by atoms with E-state index >= 15 is 0 Å². The molecule has 0 saturated carbocycles. The van der Waals surface area contributed by atoms with E-state index in [-0.39, 0.29) is 5.28 Å². The zero-order chi connectivity index (χ0) is 13.2. The van der Waals surface area contributed by atoms with E-state index in [1.54, 1.807) is 6.20 Å². The Hall–Kier alpha value is -0.913. The number of nitrogens with zero attached hydrogens (tertiary/aromatic N) is 3. The third-order valence-electron chi connectivity index (χ3n) is 2.72. The van der Waals surface area contributed by atoms with Crippen LogP contribution in [-0.4, -0.2) is 29.2 Å². The van der Waals surface area contributed by atoms with Crippen LogP contribution in [-0.2, 0) is 11.5 Å². The molecule has 0 N–H and O–H groups in total. The van der Waals surface area contributed by atoms with Crippen molar-refractivity contribution in [3.63, 3.8) is 0 Å². The first-order chi connectivity index (χ1) is 8.46. The Morgan fingerprint density at radius 3 is 2.89 bits per heavy atom. The fourth-order valence-electron chi connectivity index (χ4n) is 1.60. The lowest BCUT2D eigenvalue weighted by Gasteiger charge is -2.15. The molecule has 0 spiro atoms. The molecule has 18 heavy (non-hydrogen) atoms. The topological polar surface area (TPSA) is 39.9 Å². The predicted molar refractivity (Wildman–Crippen MR) is 76.6 cm³/mol. The summed E-state index contributed by atoms with van der Waals surface area (Å²) in [6, 6.07) is 3.10. The third kappa shape index (κ3) is 3.54. The molecule has 0 atom stereocenters. The van der Waals surface area contributed by atoms with Gasteiger partial charge < -0.3 is 9.30 Å². The molecule has 0 fully saturated rings. The molecule has 0 aliphatic heterocycles. The molecule has 0 unspecified atom stereocenters. The van der Waals surface area contributed by atoms with Gasteiger partial charge in [-0.1, -0.05) is 19.6 Å². The molecule has 0 aliphatic carbocycles. The van der Waals surface area contributed by atoms with E-state index in [0.29, 0.717) is 6.73 Å². The molecule has 4 nitrogen and oxygen atoms in total. The first-order valence-corrected chi connectivity index (χ1v) is 10.1. The largest absolute Gasteiger partial charge is 0.361 e. The minimum absolute atomic E-state index is 0.278. The van der Waals surface area contributed by atoms with Gasteiger partial charge in [-0.05, 0) is 23.7 Å². The summed E-state index contributed by atoms with van der Waals surface area (Å²) in [5, 5.41) is 0.278. The summed E-state index contributed by atoms with van der Waals surface area (Å²) >= 11 is 5.75. The Labute approximate surface area is 113 Å². The Morgan fingerprint density at radius 2 is 2.17 bits per heavy atom. The summed E-state index contributed by atoms with van der Waals surface area (Å²) in [6.45, 7) is 8.38. The maximum Gasteiger partial charge on any atom is 0.223 e. The van der Waals surface area contributed by atoms with Gasteiger partial charge in [0.15, 0.2) is 0 Å². The van der Waals surface area contributed by atoms with Crippen LogP contribution >= 0.6 is 11.6 Å². The van der Waals surface area contributed by atoms with Gasteiger partial charge in [0.2, 0.25) is 5.28 Å². The predicted octanol–water partition coefficient (Wildman–Crippen LogP) is 3.40. The molecule has 0 aromatic carbocycles. The molecule has 98 valence electrons. The zero-order valence-electron chi connectivity index (χ0n) is 11.0. The van der Waals surface area contributed by atoms with E-state index in [2.05, 4.69) is 29.6 Å². The van der Waals surface area contributed by atoms with Crippen LogP contribution < -0.4 is 0 Å². The highest BCUT2D eigenvalue weighted by Crippen LogP contribution is 2.15. The lowest BCUT2D eigenvalue weighted by molar-refractivity contribution is 0.0902. The lowest BCUT2D eigenvalue weighted by atomic mass is 10.5. The van der Waals surface area contributed by atoms with Crippen molar-refractivity contribution in [2.45, 2.75) is 32.4 Å². The molecule has 0 aliphatic rings. The summed E-state index contributed by atoms with van der Waals surface area (Å²) in [5.41, 5.74) is 1.80. The molecule has 0 bridgehead atoms. The van der Waals surface area contributed by atoms with Crippen molar-refractivity contribution < 1.29 is 4.74 Å². The van der Waals surface area contributed by atoms with Crippen molar-refractivity contribution in [2.24, 2.45) is 0 Å². The number of ether oxygens (including phenoxy) is 1. The Bertz CT molecular complexity index is 536. The van der Waals surface area contributed by atoms with Crippen molar-refractivity contribution in [1.29, 1.82) is 0 Å². The first-order valence-electron chi connectivity index (χ1n) is 6.01. The van der Waals surface area contributed by atoms with Gasteiger partial charge in [0.1, 0.15) is 6.73 Å². The monoisotopic (exact) mass is 283 g/mol. The van der Waals surface area contributed by atoms with Crippen molar-refractivity contribution in [3.05, 3.63) is 23.7 Å². The second-order valence-corrected chi connectivity index (χ2v) is 11.5. The summed E-state index contributed by atoms with van der Waals surface area (Å²) in [4.78, 5) is 8.14. The highest BCUT2D eigenvalue weighted by molar-refractivity contribution is 6.76. The van der Waals surface area contributed by atoms with Gasteiger partial charge >= 0.3 is 0 Å². The maximum atomic E-state index is 5.75. The molecular formula is C12H18ClN3OSi. The molecule has 2 aromatic heterocycles. The Balaban J connectivity index is 1.96. The molecule has 6 heteroatoms. The Kier molecular flexibility index (Phi) is 4.04. The molecular weight excluding hydrogens is 266 g/mol. The molecule has 2 aromatic rings. The molecule has 2 heterocycles. The van der Waals surface area contributed by atoms with Crippen LogP contribution in [0, 0.1) is 0 Å². The highest BCUT2D eigenvalue weighted by atomic mass is 35.5. The van der Waals surface area contributed by atoms with Crippen LogP contribution in [0.25, 0.3) is 11.0 Å². The quantitative estimate of drug-likeness (QED) is 0.480. The standard InChI is InChI=1S/C12H18ClN3OSi/c1-18(2,3)7-6-17-9-16-5-4-10-11(16)8-14-12(13)15-10/h4-5,8H,6-7,9H2,1-3H3. The normalized spacial score (nSPS) is 12.2. The van der Waals surface area contributed by atoms with Crippen molar-refractivity contribution in [2.75, 3.05) is 6.61 Å². The zero-order valence-corrected chi connectivity index (χ0v) is 12.7. The average molecular weight is 284 g/mol. The van der Waals surface area contributed by atoms with Crippen LogP contribution in [0.4, 0.5) is 0 Å². The van der Waals surface area contributed by atoms with Gasteiger partial charge in [-0.15, -0.1) is 0 Å². The lowest BCUT2D eigenvalue weighted by Crippen LogP contribution is -2.21. The average Bonchev–Trinajstić information content (AvgIpc) is 2.65. The van der Waals surface area contributed by atoms with E-state index in [4.69, 9.17) is 16.3 Å². The number of halogens is 1. The summed E-state index contributed by atoms with van der Waals surface area (Å²) in [6.07, 6.45) is 3.68. The third-order valence-corrected chi connectivity index (χ3v) is 4.60. The first kappa shape index (κ1) is 13.5. The van der Waals surface area contributed by atoms with Crippen molar-refractivity contribution in [1.82, 2.24) is 14.5 Å². The fourth-order valence-corrected chi connectivity index (χ4v) is 2.50. The molecule has 0 radical (unpaired) electrons. The van der Waals surface area contributed by atoms with Gasteiger partial charge in [-0.2, -0.15) is 0 Å². The number of rotatable bonds is 5. The smallest absolute Gasteiger partial charge is 0.223 e. The van der Waals surface area contributed by atoms with Gasteiger partial charge in [0.05, 0.1) is 17.2 Å². The van der Waals surface area contributed by atoms with Gasteiger partial charge in [-0.25, -0.2) is 9.97 Å². The van der Waals surface area contributed by atoms with Crippen LogP contribution in [0.1, 0.15) is 0 Å². The number of aromatic nitrogens is 3. The van der Waals surface area contributed by atoms with Gasteiger partial charge in [0, 0.05) is 20.9 Å². The second kappa shape index (κ2) is 5.38. The van der Waals surface area contributed by atoms with Crippen molar-refractivity contribution in [3.8, 4) is 0 Å². The minimum Gasteiger partial charge on any atom is -0.361 e. The summed E-state index contributed by atoms with van der Waals surface area (Å²) in [5.74, 6) is 0. The molecule has 0 saturated heterocycles. The number of fused-ring (bicyclic) bond motifs is 1. The fraction of sp³-hybridized carbons (Fsp3) is 0.500. The van der Waals surface area contributed by atoms with Gasteiger partial charge in [0.25, 0.3) is 0 Å². The van der Waals surface area contributed by atoms with E-state index in [9.17, 15) is 0 Å². The number of hydrogen-bond acceptors (Lipinski definition) is 3.